The minimum atomic E-state index is -0.773. The minimum absolute atomic E-state index is 0.0328. The molecule has 2 saturated carbocycles. The number of rotatable bonds is 3. The summed E-state index contributed by atoms with van der Waals surface area (Å²) in [7, 11) is 0. The van der Waals surface area contributed by atoms with Crippen LogP contribution in [0.1, 0.15) is 66.7 Å². The van der Waals surface area contributed by atoms with Gasteiger partial charge in [0.05, 0.1) is 6.10 Å². The van der Waals surface area contributed by atoms with E-state index in [0.29, 0.717) is 12.8 Å². The summed E-state index contributed by atoms with van der Waals surface area (Å²) in [5.41, 5.74) is -0.930. The minimum Gasteiger partial charge on any atom is -0.459 e. The van der Waals surface area contributed by atoms with Crippen molar-refractivity contribution in [2.45, 2.75) is 78.4 Å². The highest BCUT2D eigenvalue weighted by molar-refractivity contribution is 5.66. The fraction of sp³-hybridized carbons (Fsp3) is 0.889. The summed E-state index contributed by atoms with van der Waals surface area (Å²) in [6.07, 6.45) is 4.35. The third kappa shape index (κ3) is 2.70. The molecule has 2 aliphatic carbocycles. The highest BCUT2D eigenvalue weighted by Gasteiger charge is 2.62. The Bertz CT molecular complexity index is 458. The molecule has 5 atom stereocenters. The third-order valence-electron chi connectivity index (χ3n) is 6.33. The molecule has 0 aliphatic heterocycles. The number of fused-ring (bicyclic) bond motifs is 1. The highest BCUT2D eigenvalue weighted by Crippen LogP contribution is 2.63. The molecule has 0 radical (unpaired) electrons. The standard InChI is InChI=1S/C18H30O4/c1-12(20)22-18(5)11-13(21)15-16(2,3)8-6-9-17(15,4)14(18)7-10-19/h10,13-15,21H,6-9,11H2,1-5H3/t13-,14+,15-,17+,18+/m0/s1. The van der Waals surface area contributed by atoms with E-state index in [2.05, 4.69) is 20.8 Å². The van der Waals surface area contributed by atoms with E-state index in [4.69, 9.17) is 4.74 Å². The SMILES string of the molecule is CC(=O)O[C@]1(C)C[C@H](O)[C@H]2C(C)(C)CCC[C@]2(C)[C@H]1CC=O. The van der Waals surface area contributed by atoms with E-state index in [-0.39, 0.29) is 28.6 Å². The predicted octanol–water partition coefficient (Wildman–Crippen LogP) is 3.11. The van der Waals surface area contributed by atoms with Gasteiger partial charge in [0.1, 0.15) is 11.9 Å². The summed E-state index contributed by atoms with van der Waals surface area (Å²) in [5, 5.41) is 10.9. The largest absolute Gasteiger partial charge is 0.459 e. The lowest BCUT2D eigenvalue weighted by atomic mass is 9.44. The fourth-order valence-electron chi connectivity index (χ4n) is 5.91. The Morgan fingerprint density at radius 3 is 2.45 bits per heavy atom. The van der Waals surface area contributed by atoms with Crippen LogP contribution in [0.25, 0.3) is 0 Å². The average Bonchev–Trinajstić information content (AvgIpc) is 2.31. The summed E-state index contributed by atoms with van der Waals surface area (Å²) >= 11 is 0. The summed E-state index contributed by atoms with van der Waals surface area (Å²) in [6.45, 7) is 9.88. The van der Waals surface area contributed by atoms with Crippen LogP contribution in [0.4, 0.5) is 0 Å². The molecule has 2 aliphatic rings. The summed E-state index contributed by atoms with van der Waals surface area (Å²) in [5.74, 6) is -0.264. The molecule has 126 valence electrons. The first-order valence-corrected chi connectivity index (χ1v) is 8.38. The molecule has 0 amide bonds. The number of hydrogen-bond donors (Lipinski definition) is 1. The van der Waals surface area contributed by atoms with E-state index in [1.165, 1.54) is 6.92 Å². The molecule has 0 heterocycles. The Morgan fingerprint density at radius 2 is 1.91 bits per heavy atom. The van der Waals surface area contributed by atoms with Crippen LogP contribution < -0.4 is 0 Å². The number of hydrogen-bond acceptors (Lipinski definition) is 4. The molecule has 0 aromatic carbocycles. The van der Waals surface area contributed by atoms with Crippen molar-refractivity contribution >= 4 is 12.3 Å². The number of aliphatic hydroxyl groups is 1. The van der Waals surface area contributed by atoms with E-state index in [1.807, 2.05) is 6.92 Å². The molecule has 0 aromatic heterocycles. The normalized spacial score (nSPS) is 44.0. The van der Waals surface area contributed by atoms with Crippen molar-refractivity contribution in [3.8, 4) is 0 Å². The zero-order chi connectivity index (χ0) is 16.8. The number of aldehydes is 1. The van der Waals surface area contributed by atoms with Crippen molar-refractivity contribution in [1.29, 1.82) is 0 Å². The topological polar surface area (TPSA) is 63.6 Å². The second-order valence-corrected chi connectivity index (χ2v) is 8.46. The van der Waals surface area contributed by atoms with Crippen molar-refractivity contribution in [3.05, 3.63) is 0 Å². The van der Waals surface area contributed by atoms with Crippen LogP contribution in [0.5, 0.6) is 0 Å². The smallest absolute Gasteiger partial charge is 0.303 e. The Kier molecular flexibility index (Phi) is 4.46. The first-order valence-electron chi connectivity index (χ1n) is 8.38. The fourth-order valence-corrected chi connectivity index (χ4v) is 5.91. The van der Waals surface area contributed by atoms with E-state index >= 15 is 0 Å². The van der Waals surface area contributed by atoms with Gasteiger partial charge in [-0.15, -0.1) is 0 Å². The van der Waals surface area contributed by atoms with Gasteiger partial charge in [-0.1, -0.05) is 27.2 Å². The maximum atomic E-state index is 11.6. The third-order valence-corrected chi connectivity index (χ3v) is 6.33. The molecule has 0 unspecified atom stereocenters. The van der Waals surface area contributed by atoms with Gasteiger partial charge in [0.2, 0.25) is 0 Å². The lowest BCUT2D eigenvalue weighted by Crippen LogP contribution is -2.63. The van der Waals surface area contributed by atoms with E-state index in [1.54, 1.807) is 0 Å². The van der Waals surface area contributed by atoms with Gasteiger partial charge in [-0.25, -0.2) is 0 Å². The summed E-state index contributed by atoms with van der Waals surface area (Å²) in [6, 6.07) is 0. The van der Waals surface area contributed by atoms with Crippen LogP contribution in [0.15, 0.2) is 0 Å². The second-order valence-electron chi connectivity index (χ2n) is 8.46. The van der Waals surface area contributed by atoms with Crippen LogP contribution in [-0.4, -0.2) is 29.1 Å². The Morgan fingerprint density at radius 1 is 1.27 bits per heavy atom. The van der Waals surface area contributed by atoms with Gasteiger partial charge in [0.25, 0.3) is 0 Å². The van der Waals surface area contributed by atoms with Crippen molar-refractivity contribution in [1.82, 2.24) is 0 Å². The van der Waals surface area contributed by atoms with E-state index < -0.39 is 11.7 Å². The van der Waals surface area contributed by atoms with Crippen molar-refractivity contribution in [3.63, 3.8) is 0 Å². The molecule has 0 spiro atoms. The van der Waals surface area contributed by atoms with Crippen molar-refractivity contribution in [2.75, 3.05) is 0 Å². The van der Waals surface area contributed by atoms with Crippen LogP contribution >= 0.6 is 0 Å². The molecule has 22 heavy (non-hydrogen) atoms. The molecule has 2 rings (SSSR count). The molecule has 0 saturated heterocycles. The molecular weight excluding hydrogens is 280 g/mol. The first-order chi connectivity index (χ1) is 10.1. The molecule has 0 aromatic rings. The van der Waals surface area contributed by atoms with E-state index in [9.17, 15) is 14.7 Å². The molecular formula is C18H30O4. The Labute approximate surface area is 133 Å². The number of esters is 1. The Balaban J connectivity index is 2.48. The quantitative estimate of drug-likeness (QED) is 0.642. The first kappa shape index (κ1) is 17.5. The van der Waals surface area contributed by atoms with Gasteiger partial charge >= 0.3 is 5.97 Å². The lowest BCUT2D eigenvalue weighted by Gasteiger charge is -2.63. The second kappa shape index (κ2) is 5.63. The van der Waals surface area contributed by atoms with Gasteiger partial charge in [0.15, 0.2) is 0 Å². The molecule has 4 heteroatoms. The summed E-state index contributed by atoms with van der Waals surface area (Å²) < 4.78 is 5.64. The average molecular weight is 310 g/mol. The lowest BCUT2D eigenvalue weighted by molar-refractivity contribution is -0.227. The molecule has 0 bridgehead atoms. The number of ether oxygens (including phenoxy) is 1. The maximum absolute atomic E-state index is 11.6. The number of carbonyl (C=O) groups is 2. The van der Waals surface area contributed by atoms with Crippen molar-refractivity contribution in [2.24, 2.45) is 22.7 Å². The van der Waals surface area contributed by atoms with E-state index in [0.717, 1.165) is 25.5 Å². The summed E-state index contributed by atoms with van der Waals surface area (Å²) in [4.78, 5) is 22.9. The van der Waals surface area contributed by atoms with Gasteiger partial charge in [-0.05, 0) is 36.5 Å². The maximum Gasteiger partial charge on any atom is 0.303 e. The van der Waals surface area contributed by atoms with Crippen molar-refractivity contribution < 1.29 is 19.4 Å². The van der Waals surface area contributed by atoms with Crippen LogP contribution in [0.3, 0.4) is 0 Å². The van der Waals surface area contributed by atoms with Crippen LogP contribution in [0.2, 0.25) is 0 Å². The zero-order valence-corrected chi connectivity index (χ0v) is 14.5. The van der Waals surface area contributed by atoms with Crippen LogP contribution in [-0.2, 0) is 14.3 Å². The number of aliphatic hydroxyl groups excluding tert-OH is 1. The molecule has 4 nitrogen and oxygen atoms in total. The molecule has 2 fully saturated rings. The predicted molar refractivity (Wildman–Crippen MR) is 84.2 cm³/mol. The zero-order valence-electron chi connectivity index (χ0n) is 14.5. The van der Waals surface area contributed by atoms with Gasteiger partial charge in [-0.2, -0.15) is 0 Å². The highest BCUT2D eigenvalue weighted by atomic mass is 16.6. The van der Waals surface area contributed by atoms with Gasteiger partial charge < -0.3 is 14.6 Å². The Hall–Kier alpha value is -0.900. The van der Waals surface area contributed by atoms with Crippen LogP contribution in [0, 0.1) is 22.7 Å². The molecule has 1 N–H and O–H groups in total. The monoisotopic (exact) mass is 310 g/mol. The number of carbonyl (C=O) groups excluding carboxylic acids is 2. The van der Waals surface area contributed by atoms with Gasteiger partial charge in [0, 0.05) is 25.7 Å². The van der Waals surface area contributed by atoms with Gasteiger partial charge in [-0.3, -0.25) is 4.79 Å².